The van der Waals surface area contributed by atoms with Crippen molar-refractivity contribution in [2.75, 3.05) is 19.8 Å². The molecule has 1 amide bonds. The van der Waals surface area contributed by atoms with Crippen molar-refractivity contribution in [1.82, 2.24) is 5.32 Å². The van der Waals surface area contributed by atoms with Crippen LogP contribution in [0.3, 0.4) is 0 Å². The molecule has 0 atom stereocenters. The Morgan fingerprint density at radius 3 is 2.42 bits per heavy atom. The van der Waals surface area contributed by atoms with E-state index in [0.717, 1.165) is 0 Å². The van der Waals surface area contributed by atoms with Crippen molar-refractivity contribution in [2.45, 2.75) is 19.8 Å². The van der Waals surface area contributed by atoms with Gasteiger partial charge < -0.3 is 10.1 Å². The molecule has 6 heteroatoms. The molecule has 0 aromatic heterocycles. The number of Topliss-reactive ketones (excluding diaryl/α,β-unsaturated/α-hetero) is 1. The predicted octanol–water partition coefficient (Wildman–Crippen LogP) is -0.187. The highest BCUT2D eigenvalue weighted by Gasteiger charge is 2.27. The minimum atomic E-state index is -0.619. The van der Waals surface area contributed by atoms with Gasteiger partial charge in [-0.25, -0.2) is 0 Å². The van der Waals surface area contributed by atoms with Crippen molar-refractivity contribution in [2.24, 2.45) is 5.92 Å². The van der Waals surface area contributed by atoms with Gasteiger partial charge in [-0.3, -0.25) is 19.2 Å². The molecule has 104 valence electrons. The highest BCUT2D eigenvalue weighted by molar-refractivity contribution is 6.18. The van der Waals surface area contributed by atoms with Crippen LogP contribution >= 0.6 is 0 Å². The van der Waals surface area contributed by atoms with Crippen LogP contribution in [0, 0.1) is 5.92 Å². The van der Waals surface area contributed by atoms with E-state index in [4.69, 9.17) is 4.74 Å². The summed E-state index contributed by atoms with van der Waals surface area (Å²) in [6.45, 7) is 1.87. The molecule has 0 bridgehead atoms. The zero-order valence-corrected chi connectivity index (χ0v) is 10.8. The molecule has 0 aromatic rings. The van der Waals surface area contributed by atoms with Gasteiger partial charge in [-0.1, -0.05) is 0 Å². The minimum absolute atomic E-state index is 0.0234. The maximum absolute atomic E-state index is 11.2. The van der Waals surface area contributed by atoms with E-state index in [9.17, 15) is 19.2 Å². The first kappa shape index (κ1) is 15.2. The molecule has 0 aliphatic heterocycles. The van der Waals surface area contributed by atoms with E-state index < -0.39 is 5.92 Å². The quantitative estimate of drug-likeness (QED) is 0.486. The molecule has 0 heterocycles. The summed E-state index contributed by atoms with van der Waals surface area (Å²) in [5.74, 6) is -1.36. The van der Waals surface area contributed by atoms with Gasteiger partial charge in [-0.05, 0) is 25.5 Å². The Balaban J connectivity index is 2.05. The topological polar surface area (TPSA) is 89.5 Å². The lowest BCUT2D eigenvalue weighted by molar-refractivity contribution is -0.127. The Hall–Kier alpha value is -1.82. The number of carbonyl (C=O) groups excluding carboxylic acids is 4. The van der Waals surface area contributed by atoms with Crippen LogP contribution < -0.4 is 5.32 Å². The third kappa shape index (κ3) is 5.56. The van der Waals surface area contributed by atoms with Gasteiger partial charge in [0.05, 0.1) is 19.1 Å². The molecule has 6 nitrogen and oxygen atoms in total. The van der Waals surface area contributed by atoms with E-state index in [2.05, 4.69) is 5.32 Å². The number of carbonyl (C=O) groups is 4. The zero-order chi connectivity index (χ0) is 14.3. The standard InChI is InChI=1S/C13H17NO5/c1-9(15)8-14-13(18)5-7-19-6-4-10-11(16)2-3-12(10)17/h2-3,10H,4-8H2,1H3,(H,14,18). The van der Waals surface area contributed by atoms with Crippen LogP contribution in [0.1, 0.15) is 19.8 Å². The molecule has 0 aromatic carbocycles. The van der Waals surface area contributed by atoms with Crippen LogP contribution in [0.2, 0.25) is 0 Å². The van der Waals surface area contributed by atoms with Crippen LogP contribution in [0.5, 0.6) is 0 Å². The molecule has 1 rings (SSSR count). The minimum Gasteiger partial charge on any atom is -0.381 e. The molecule has 19 heavy (non-hydrogen) atoms. The molecule has 0 unspecified atom stereocenters. The molecule has 1 aliphatic rings. The van der Waals surface area contributed by atoms with Gasteiger partial charge >= 0.3 is 0 Å². The van der Waals surface area contributed by atoms with E-state index in [1.165, 1.54) is 19.1 Å². The summed E-state index contributed by atoms with van der Waals surface area (Å²) in [5, 5.41) is 2.44. The molecule has 0 radical (unpaired) electrons. The Morgan fingerprint density at radius 2 is 1.84 bits per heavy atom. The first-order valence-corrected chi connectivity index (χ1v) is 6.10. The average molecular weight is 267 g/mol. The Kier molecular flexibility index (Phi) is 6.08. The van der Waals surface area contributed by atoms with Crippen molar-refractivity contribution < 1.29 is 23.9 Å². The summed E-state index contributed by atoms with van der Waals surface area (Å²) in [6.07, 6.45) is 3.04. The van der Waals surface area contributed by atoms with Crippen LogP contribution in [-0.2, 0) is 23.9 Å². The number of ether oxygens (including phenoxy) is 1. The normalized spacial score (nSPS) is 15.0. The van der Waals surface area contributed by atoms with Crippen molar-refractivity contribution in [3.8, 4) is 0 Å². The largest absolute Gasteiger partial charge is 0.381 e. The van der Waals surface area contributed by atoms with Gasteiger partial charge in [-0.15, -0.1) is 0 Å². The van der Waals surface area contributed by atoms with E-state index in [1.54, 1.807) is 0 Å². The highest BCUT2D eigenvalue weighted by atomic mass is 16.5. The van der Waals surface area contributed by atoms with Crippen molar-refractivity contribution in [3.63, 3.8) is 0 Å². The predicted molar refractivity (Wildman–Crippen MR) is 66.4 cm³/mol. The average Bonchev–Trinajstić information content (AvgIpc) is 2.67. The SMILES string of the molecule is CC(=O)CNC(=O)CCOCCC1C(=O)C=CC1=O. The van der Waals surface area contributed by atoms with Crippen molar-refractivity contribution >= 4 is 23.3 Å². The van der Waals surface area contributed by atoms with Crippen LogP contribution in [0.15, 0.2) is 12.2 Å². The fourth-order valence-electron chi connectivity index (χ4n) is 1.60. The second kappa shape index (κ2) is 7.58. The summed E-state index contributed by atoms with van der Waals surface area (Å²) in [4.78, 5) is 44.3. The first-order chi connectivity index (χ1) is 9.00. The van der Waals surface area contributed by atoms with Gasteiger partial charge in [0.15, 0.2) is 11.6 Å². The molecule has 0 spiro atoms. The number of amides is 1. The molecular formula is C13H17NO5. The third-order valence-corrected chi connectivity index (χ3v) is 2.66. The van der Waals surface area contributed by atoms with Crippen molar-refractivity contribution in [1.29, 1.82) is 0 Å². The summed E-state index contributed by atoms with van der Waals surface area (Å²) in [6, 6.07) is 0. The van der Waals surface area contributed by atoms with Gasteiger partial charge in [0.1, 0.15) is 5.78 Å². The second-order valence-electron chi connectivity index (χ2n) is 4.32. The van der Waals surface area contributed by atoms with E-state index in [-0.39, 0.29) is 49.4 Å². The summed E-state index contributed by atoms with van der Waals surface area (Å²) >= 11 is 0. The Bertz CT molecular complexity index is 395. The summed E-state index contributed by atoms with van der Waals surface area (Å²) < 4.78 is 5.19. The number of hydrogen-bond donors (Lipinski definition) is 1. The molecule has 0 fully saturated rings. The maximum Gasteiger partial charge on any atom is 0.222 e. The molecule has 0 saturated carbocycles. The van der Waals surface area contributed by atoms with Crippen LogP contribution in [0.4, 0.5) is 0 Å². The molecule has 1 aliphatic carbocycles. The summed E-state index contributed by atoms with van der Waals surface area (Å²) in [7, 11) is 0. The number of allylic oxidation sites excluding steroid dienone is 2. The van der Waals surface area contributed by atoms with Crippen LogP contribution in [-0.4, -0.2) is 43.0 Å². The molecule has 0 saturated heterocycles. The van der Waals surface area contributed by atoms with E-state index >= 15 is 0 Å². The Morgan fingerprint density at radius 1 is 1.21 bits per heavy atom. The van der Waals surface area contributed by atoms with E-state index in [1.807, 2.05) is 0 Å². The third-order valence-electron chi connectivity index (χ3n) is 2.66. The lowest BCUT2D eigenvalue weighted by Gasteiger charge is -2.07. The monoisotopic (exact) mass is 267 g/mol. The smallest absolute Gasteiger partial charge is 0.222 e. The number of ketones is 3. The van der Waals surface area contributed by atoms with Gasteiger partial charge in [-0.2, -0.15) is 0 Å². The molecule has 1 N–H and O–H groups in total. The summed E-state index contributed by atoms with van der Waals surface area (Å²) in [5.41, 5.74) is 0. The zero-order valence-electron chi connectivity index (χ0n) is 10.8. The van der Waals surface area contributed by atoms with Crippen molar-refractivity contribution in [3.05, 3.63) is 12.2 Å². The maximum atomic E-state index is 11.2. The van der Waals surface area contributed by atoms with E-state index in [0.29, 0.717) is 6.42 Å². The van der Waals surface area contributed by atoms with Gasteiger partial charge in [0.25, 0.3) is 0 Å². The second-order valence-corrected chi connectivity index (χ2v) is 4.32. The fourth-order valence-corrected chi connectivity index (χ4v) is 1.60. The van der Waals surface area contributed by atoms with Crippen LogP contribution in [0.25, 0.3) is 0 Å². The number of nitrogens with one attached hydrogen (secondary N) is 1. The lowest BCUT2D eigenvalue weighted by atomic mass is 10.0. The number of rotatable bonds is 8. The van der Waals surface area contributed by atoms with Gasteiger partial charge in [0.2, 0.25) is 5.91 Å². The number of hydrogen-bond acceptors (Lipinski definition) is 5. The lowest BCUT2D eigenvalue weighted by Crippen LogP contribution is -2.29. The fraction of sp³-hybridized carbons (Fsp3) is 0.538. The van der Waals surface area contributed by atoms with Gasteiger partial charge in [0, 0.05) is 13.0 Å². The highest BCUT2D eigenvalue weighted by Crippen LogP contribution is 2.14. The molecular weight excluding hydrogens is 250 g/mol. The Labute approximate surface area is 111 Å². The first-order valence-electron chi connectivity index (χ1n) is 6.10.